The molecule has 1 aliphatic carbocycles. The predicted octanol–water partition coefficient (Wildman–Crippen LogP) is 2.77. The fraction of sp³-hybridized carbons (Fsp3) is 0.571. The van der Waals surface area contributed by atoms with Crippen molar-refractivity contribution in [3.63, 3.8) is 0 Å². The van der Waals surface area contributed by atoms with Crippen molar-refractivity contribution in [2.75, 3.05) is 19.8 Å². The molecule has 0 radical (unpaired) electrons. The second kappa shape index (κ2) is 3.98. The summed E-state index contributed by atoms with van der Waals surface area (Å²) in [4.78, 5) is 0. The fourth-order valence-corrected chi connectivity index (χ4v) is 3.61. The lowest BCUT2D eigenvalue weighted by Crippen LogP contribution is -2.63. The van der Waals surface area contributed by atoms with E-state index >= 15 is 0 Å². The van der Waals surface area contributed by atoms with Crippen LogP contribution in [0.1, 0.15) is 24.8 Å². The van der Waals surface area contributed by atoms with Gasteiger partial charge >= 0.3 is 0 Å². The first kappa shape index (κ1) is 11.5. The van der Waals surface area contributed by atoms with E-state index in [1.165, 1.54) is 6.42 Å². The van der Waals surface area contributed by atoms with Gasteiger partial charge in [0.15, 0.2) is 0 Å². The number of rotatable bonds is 3. The first-order valence-electron chi connectivity index (χ1n) is 6.18. The first-order chi connectivity index (χ1) is 8.24. The Balaban J connectivity index is 2.06. The van der Waals surface area contributed by atoms with E-state index in [2.05, 4.69) is 6.07 Å². The maximum Gasteiger partial charge on any atom is 0.0592 e. The van der Waals surface area contributed by atoms with Crippen molar-refractivity contribution in [2.24, 2.45) is 5.41 Å². The highest BCUT2D eigenvalue weighted by molar-refractivity contribution is 6.31. The van der Waals surface area contributed by atoms with Crippen LogP contribution in [0, 0.1) is 5.41 Å². The molecule has 1 aromatic carbocycles. The third-order valence-electron chi connectivity index (χ3n) is 4.71. The Hall–Kier alpha value is -0.570. The molecule has 2 aliphatic rings. The van der Waals surface area contributed by atoms with E-state index in [-0.39, 0.29) is 17.4 Å². The Labute approximate surface area is 107 Å². The normalized spacial score (nSPS) is 24.8. The van der Waals surface area contributed by atoms with Crippen molar-refractivity contribution < 1.29 is 9.84 Å². The van der Waals surface area contributed by atoms with Gasteiger partial charge in [-0.1, -0.05) is 36.2 Å². The lowest BCUT2D eigenvalue weighted by atomic mass is 9.50. The van der Waals surface area contributed by atoms with Gasteiger partial charge in [0.2, 0.25) is 0 Å². The highest BCUT2D eigenvalue weighted by atomic mass is 35.5. The quantitative estimate of drug-likeness (QED) is 0.897. The molecule has 0 atom stereocenters. The molecule has 3 rings (SSSR count). The average Bonchev–Trinajstić information content (AvgIpc) is 2.22. The van der Waals surface area contributed by atoms with E-state index < -0.39 is 0 Å². The summed E-state index contributed by atoms with van der Waals surface area (Å²) in [6.07, 6.45) is 3.36. The monoisotopic (exact) mass is 252 g/mol. The van der Waals surface area contributed by atoms with Gasteiger partial charge in [0.25, 0.3) is 0 Å². The van der Waals surface area contributed by atoms with E-state index in [1.807, 2.05) is 18.2 Å². The molecule has 1 saturated carbocycles. The third kappa shape index (κ3) is 1.41. The molecule has 2 fully saturated rings. The van der Waals surface area contributed by atoms with Gasteiger partial charge in [-0.2, -0.15) is 0 Å². The summed E-state index contributed by atoms with van der Waals surface area (Å²) < 4.78 is 5.46. The molecule has 92 valence electrons. The summed E-state index contributed by atoms with van der Waals surface area (Å²) in [5.41, 5.74) is 1.09. The van der Waals surface area contributed by atoms with E-state index in [1.54, 1.807) is 0 Å². The van der Waals surface area contributed by atoms with E-state index in [9.17, 15) is 5.11 Å². The lowest BCUT2D eigenvalue weighted by Gasteiger charge is -2.59. The van der Waals surface area contributed by atoms with Gasteiger partial charge in [-0.3, -0.25) is 0 Å². The van der Waals surface area contributed by atoms with Crippen molar-refractivity contribution in [1.82, 2.24) is 0 Å². The first-order valence-corrected chi connectivity index (χ1v) is 6.56. The maximum absolute atomic E-state index is 9.79. The molecule has 0 bridgehead atoms. The minimum atomic E-state index is -0.0572. The van der Waals surface area contributed by atoms with Gasteiger partial charge in [0.05, 0.1) is 18.6 Å². The Bertz CT molecular complexity index is 416. The van der Waals surface area contributed by atoms with Crippen molar-refractivity contribution in [2.45, 2.75) is 24.7 Å². The summed E-state index contributed by atoms with van der Waals surface area (Å²) in [5, 5.41) is 10.6. The summed E-state index contributed by atoms with van der Waals surface area (Å²) in [7, 11) is 0. The minimum Gasteiger partial charge on any atom is -0.396 e. The molecule has 3 heteroatoms. The third-order valence-corrected chi connectivity index (χ3v) is 5.04. The predicted molar refractivity (Wildman–Crippen MR) is 67.3 cm³/mol. The summed E-state index contributed by atoms with van der Waals surface area (Å²) in [5.74, 6) is 0. The van der Waals surface area contributed by atoms with Gasteiger partial charge in [-0.25, -0.2) is 0 Å². The number of hydrogen-bond donors (Lipinski definition) is 1. The van der Waals surface area contributed by atoms with E-state index in [4.69, 9.17) is 16.3 Å². The van der Waals surface area contributed by atoms with Gasteiger partial charge in [0, 0.05) is 17.0 Å². The van der Waals surface area contributed by atoms with Crippen LogP contribution in [-0.4, -0.2) is 24.9 Å². The van der Waals surface area contributed by atoms with Crippen LogP contribution in [0.2, 0.25) is 5.02 Å². The molecule has 17 heavy (non-hydrogen) atoms. The molecule has 1 N–H and O–H groups in total. The Morgan fingerprint density at radius 2 is 1.94 bits per heavy atom. The number of ether oxygens (including phenoxy) is 1. The van der Waals surface area contributed by atoms with Gasteiger partial charge in [0.1, 0.15) is 0 Å². The topological polar surface area (TPSA) is 29.5 Å². The Morgan fingerprint density at radius 1 is 1.24 bits per heavy atom. The van der Waals surface area contributed by atoms with Gasteiger partial charge < -0.3 is 9.84 Å². The SMILES string of the molecule is OCC1(C2(c3ccccc3Cl)COC2)CCC1. The zero-order valence-corrected chi connectivity index (χ0v) is 10.5. The standard InChI is InChI=1S/C14H17ClO2/c15-12-5-2-1-4-11(12)14(9-17-10-14)13(8-16)6-3-7-13/h1-2,4-5,16H,3,6-10H2. The van der Waals surface area contributed by atoms with Crippen LogP contribution in [0.4, 0.5) is 0 Å². The second-order valence-corrected chi connectivity index (χ2v) is 5.75. The van der Waals surface area contributed by atoms with Crippen LogP contribution in [0.15, 0.2) is 24.3 Å². The number of aliphatic hydroxyl groups is 1. The number of aliphatic hydroxyl groups excluding tert-OH is 1. The van der Waals surface area contributed by atoms with Crippen LogP contribution in [0.3, 0.4) is 0 Å². The van der Waals surface area contributed by atoms with Crippen molar-refractivity contribution in [1.29, 1.82) is 0 Å². The molecule has 1 aliphatic heterocycles. The lowest BCUT2D eigenvalue weighted by molar-refractivity contribution is -0.173. The zero-order chi connectivity index (χ0) is 11.9. The fourth-order valence-electron chi connectivity index (χ4n) is 3.29. The molecule has 1 heterocycles. The number of hydrogen-bond acceptors (Lipinski definition) is 2. The smallest absolute Gasteiger partial charge is 0.0592 e. The molecule has 0 unspecified atom stereocenters. The van der Waals surface area contributed by atoms with Gasteiger partial charge in [-0.05, 0) is 24.5 Å². The average molecular weight is 253 g/mol. The summed E-state index contributed by atoms with van der Waals surface area (Å²) in [6, 6.07) is 7.98. The molecular formula is C14H17ClO2. The van der Waals surface area contributed by atoms with Crippen LogP contribution in [-0.2, 0) is 10.2 Å². The largest absolute Gasteiger partial charge is 0.396 e. The zero-order valence-electron chi connectivity index (χ0n) is 9.79. The molecule has 1 aromatic rings. The van der Waals surface area contributed by atoms with E-state index in [0.717, 1.165) is 23.4 Å². The van der Waals surface area contributed by atoms with Gasteiger partial charge in [-0.15, -0.1) is 0 Å². The summed E-state index contributed by atoms with van der Waals surface area (Å²) in [6.45, 7) is 1.62. The molecular weight excluding hydrogens is 236 g/mol. The number of benzene rings is 1. The molecule has 0 amide bonds. The molecule has 1 saturated heterocycles. The van der Waals surface area contributed by atoms with Crippen LogP contribution >= 0.6 is 11.6 Å². The van der Waals surface area contributed by atoms with Crippen LogP contribution in [0.5, 0.6) is 0 Å². The van der Waals surface area contributed by atoms with Crippen LogP contribution in [0.25, 0.3) is 0 Å². The molecule has 0 aromatic heterocycles. The Kier molecular flexibility index (Phi) is 2.69. The second-order valence-electron chi connectivity index (χ2n) is 5.35. The highest BCUT2D eigenvalue weighted by Gasteiger charge is 2.59. The van der Waals surface area contributed by atoms with Crippen molar-refractivity contribution in [3.05, 3.63) is 34.9 Å². The maximum atomic E-state index is 9.79. The van der Waals surface area contributed by atoms with Crippen LogP contribution < -0.4 is 0 Å². The number of halogens is 1. The Morgan fingerprint density at radius 3 is 2.35 bits per heavy atom. The molecule has 0 spiro atoms. The van der Waals surface area contributed by atoms with E-state index in [0.29, 0.717) is 13.2 Å². The minimum absolute atomic E-state index is 0.00373. The molecule has 2 nitrogen and oxygen atoms in total. The van der Waals surface area contributed by atoms with Crippen molar-refractivity contribution in [3.8, 4) is 0 Å². The summed E-state index contributed by atoms with van der Waals surface area (Å²) >= 11 is 6.33. The highest BCUT2D eigenvalue weighted by Crippen LogP contribution is 2.59. The van der Waals surface area contributed by atoms with Crippen molar-refractivity contribution >= 4 is 11.6 Å².